The molecule has 2 rings (SSSR count). The van der Waals surface area contributed by atoms with Gasteiger partial charge in [0.1, 0.15) is 5.82 Å². The summed E-state index contributed by atoms with van der Waals surface area (Å²) in [6, 6.07) is 0.187. The smallest absolute Gasteiger partial charge is 0.151 e. The molecular formula is C14H24ClN3O. The van der Waals surface area contributed by atoms with Gasteiger partial charge in [0.2, 0.25) is 0 Å². The van der Waals surface area contributed by atoms with Gasteiger partial charge in [-0.1, -0.05) is 37.8 Å². The van der Waals surface area contributed by atoms with Crippen LogP contribution in [-0.2, 0) is 13.0 Å². The fourth-order valence-corrected chi connectivity index (χ4v) is 2.82. The molecule has 5 heteroatoms. The zero-order valence-electron chi connectivity index (χ0n) is 11.6. The van der Waals surface area contributed by atoms with Crippen LogP contribution in [0.2, 0.25) is 5.15 Å². The monoisotopic (exact) mass is 285 g/mol. The number of aromatic nitrogens is 2. The Hall–Kier alpha value is -0.580. The highest BCUT2D eigenvalue weighted by atomic mass is 35.5. The highest BCUT2D eigenvalue weighted by Gasteiger charge is 2.22. The fourth-order valence-electron chi connectivity index (χ4n) is 2.60. The van der Waals surface area contributed by atoms with Crippen LogP contribution < -0.4 is 5.32 Å². The zero-order chi connectivity index (χ0) is 13.7. The predicted octanol–water partition coefficient (Wildman–Crippen LogP) is 2.80. The molecule has 0 radical (unpaired) electrons. The predicted molar refractivity (Wildman–Crippen MR) is 77.3 cm³/mol. The van der Waals surface area contributed by atoms with Crippen LogP contribution >= 0.6 is 11.6 Å². The summed E-state index contributed by atoms with van der Waals surface area (Å²) in [5, 5.41) is 13.9. The highest BCUT2D eigenvalue weighted by Crippen LogP contribution is 2.20. The molecule has 2 atom stereocenters. The molecule has 0 saturated heterocycles. The molecule has 19 heavy (non-hydrogen) atoms. The minimum atomic E-state index is -0.227. The van der Waals surface area contributed by atoms with Gasteiger partial charge in [-0.05, 0) is 19.3 Å². The molecule has 1 saturated carbocycles. The first-order valence-electron chi connectivity index (χ1n) is 7.35. The van der Waals surface area contributed by atoms with Crippen molar-refractivity contribution in [2.45, 2.75) is 70.6 Å². The molecule has 0 aliphatic heterocycles. The molecule has 0 amide bonds. The van der Waals surface area contributed by atoms with Gasteiger partial charge in [0.25, 0.3) is 0 Å². The summed E-state index contributed by atoms with van der Waals surface area (Å²) in [5.74, 6) is 0.966. The number of imidazole rings is 1. The van der Waals surface area contributed by atoms with Gasteiger partial charge in [0.15, 0.2) is 5.15 Å². The topological polar surface area (TPSA) is 60.9 Å². The van der Waals surface area contributed by atoms with Crippen molar-refractivity contribution in [2.75, 3.05) is 0 Å². The van der Waals surface area contributed by atoms with Crippen LogP contribution in [-0.4, -0.2) is 27.2 Å². The lowest BCUT2D eigenvalue weighted by Gasteiger charge is -2.28. The van der Waals surface area contributed by atoms with E-state index in [1.165, 1.54) is 6.42 Å². The van der Waals surface area contributed by atoms with Gasteiger partial charge in [-0.25, -0.2) is 4.98 Å². The quantitative estimate of drug-likeness (QED) is 0.753. The largest absolute Gasteiger partial charge is 0.392 e. The molecule has 1 fully saturated rings. The summed E-state index contributed by atoms with van der Waals surface area (Å²) in [6.07, 6.45) is 7.25. The second-order valence-corrected chi connectivity index (χ2v) is 5.75. The van der Waals surface area contributed by atoms with E-state index in [0.29, 0.717) is 11.7 Å². The average molecular weight is 286 g/mol. The molecule has 1 aliphatic rings. The number of nitrogens with zero attached hydrogens (tertiary/aromatic N) is 1. The molecular weight excluding hydrogens is 262 g/mol. The van der Waals surface area contributed by atoms with E-state index in [1.54, 1.807) is 0 Å². The first-order valence-corrected chi connectivity index (χ1v) is 7.73. The zero-order valence-corrected chi connectivity index (χ0v) is 12.3. The third-order valence-corrected chi connectivity index (χ3v) is 4.13. The fraction of sp³-hybridized carbons (Fsp3) is 0.786. The van der Waals surface area contributed by atoms with Gasteiger partial charge in [0.05, 0.1) is 11.8 Å². The summed E-state index contributed by atoms with van der Waals surface area (Å²) < 4.78 is 0. The molecule has 1 aromatic rings. The number of hydrogen-bond acceptors (Lipinski definition) is 3. The summed E-state index contributed by atoms with van der Waals surface area (Å²) in [7, 11) is 0. The molecule has 2 unspecified atom stereocenters. The van der Waals surface area contributed by atoms with Gasteiger partial charge in [-0.15, -0.1) is 0 Å². The number of nitrogens with one attached hydrogen (secondary N) is 2. The number of hydrogen-bond donors (Lipinski definition) is 3. The Balaban J connectivity index is 1.86. The van der Waals surface area contributed by atoms with E-state index in [4.69, 9.17) is 11.6 Å². The van der Waals surface area contributed by atoms with Crippen LogP contribution in [0.5, 0.6) is 0 Å². The summed E-state index contributed by atoms with van der Waals surface area (Å²) in [6.45, 7) is 2.82. The van der Waals surface area contributed by atoms with Crippen LogP contribution in [0.25, 0.3) is 0 Å². The van der Waals surface area contributed by atoms with E-state index in [1.807, 2.05) is 0 Å². The first kappa shape index (κ1) is 14.8. The normalized spacial score (nSPS) is 23.7. The van der Waals surface area contributed by atoms with E-state index < -0.39 is 0 Å². The lowest BCUT2D eigenvalue weighted by Crippen LogP contribution is -2.41. The number of aliphatic hydroxyl groups excluding tert-OH is 1. The van der Waals surface area contributed by atoms with E-state index >= 15 is 0 Å². The Morgan fingerprint density at radius 3 is 2.95 bits per heavy atom. The Morgan fingerprint density at radius 2 is 2.21 bits per heavy atom. The molecule has 0 spiro atoms. The molecule has 0 bridgehead atoms. The van der Waals surface area contributed by atoms with E-state index in [-0.39, 0.29) is 12.1 Å². The molecule has 1 heterocycles. The van der Waals surface area contributed by atoms with E-state index in [2.05, 4.69) is 22.2 Å². The summed E-state index contributed by atoms with van der Waals surface area (Å²) >= 11 is 6.13. The molecule has 108 valence electrons. The maximum Gasteiger partial charge on any atom is 0.151 e. The molecule has 0 aromatic carbocycles. The third kappa shape index (κ3) is 4.20. The SMILES string of the molecule is CCCCc1nc(Cl)c(CNC2CCCCC2O)[nH]1. The third-order valence-electron chi connectivity index (χ3n) is 3.81. The van der Waals surface area contributed by atoms with E-state index in [0.717, 1.165) is 50.0 Å². The maximum atomic E-state index is 9.92. The maximum absolute atomic E-state index is 9.92. The average Bonchev–Trinajstić information content (AvgIpc) is 2.76. The molecule has 1 aromatic heterocycles. The number of aryl methyl sites for hydroxylation is 1. The van der Waals surface area contributed by atoms with Crippen molar-refractivity contribution in [3.05, 3.63) is 16.7 Å². The van der Waals surface area contributed by atoms with Crippen molar-refractivity contribution < 1.29 is 5.11 Å². The van der Waals surface area contributed by atoms with Crippen molar-refractivity contribution in [3.8, 4) is 0 Å². The van der Waals surface area contributed by atoms with Gasteiger partial charge >= 0.3 is 0 Å². The first-order chi connectivity index (χ1) is 9.20. The van der Waals surface area contributed by atoms with Crippen molar-refractivity contribution in [3.63, 3.8) is 0 Å². The minimum Gasteiger partial charge on any atom is -0.392 e. The van der Waals surface area contributed by atoms with Gasteiger partial charge in [-0.2, -0.15) is 0 Å². The molecule has 1 aliphatic carbocycles. The molecule has 3 N–H and O–H groups in total. The van der Waals surface area contributed by atoms with E-state index in [9.17, 15) is 5.11 Å². The second kappa shape index (κ2) is 7.27. The van der Waals surface area contributed by atoms with Crippen LogP contribution in [0.3, 0.4) is 0 Å². The Kier molecular flexibility index (Phi) is 5.67. The number of rotatable bonds is 6. The number of aromatic amines is 1. The standard InChI is InChI=1S/C14H24ClN3O/c1-2-3-8-13-17-11(14(15)18-13)9-16-10-6-4-5-7-12(10)19/h10,12,16,19H,2-9H2,1H3,(H,17,18). The van der Waals surface area contributed by atoms with Gasteiger partial charge < -0.3 is 15.4 Å². The second-order valence-electron chi connectivity index (χ2n) is 5.40. The number of aliphatic hydroxyl groups is 1. The van der Waals surface area contributed by atoms with Gasteiger partial charge in [0, 0.05) is 19.0 Å². The van der Waals surface area contributed by atoms with Crippen LogP contribution in [0.1, 0.15) is 57.0 Å². The highest BCUT2D eigenvalue weighted by molar-refractivity contribution is 6.30. The summed E-state index contributed by atoms with van der Waals surface area (Å²) in [4.78, 5) is 7.62. The van der Waals surface area contributed by atoms with Gasteiger partial charge in [-0.3, -0.25) is 0 Å². The Bertz CT molecular complexity index is 394. The number of halogens is 1. The van der Waals surface area contributed by atoms with Crippen molar-refractivity contribution in [1.82, 2.24) is 15.3 Å². The summed E-state index contributed by atoms with van der Waals surface area (Å²) in [5.41, 5.74) is 0.936. The lowest BCUT2D eigenvalue weighted by atomic mass is 9.92. The minimum absolute atomic E-state index is 0.187. The molecule has 4 nitrogen and oxygen atoms in total. The number of H-pyrrole nitrogens is 1. The van der Waals surface area contributed by atoms with Crippen LogP contribution in [0.4, 0.5) is 0 Å². The lowest BCUT2D eigenvalue weighted by molar-refractivity contribution is 0.0901. The van der Waals surface area contributed by atoms with Crippen LogP contribution in [0.15, 0.2) is 0 Å². The van der Waals surface area contributed by atoms with Crippen molar-refractivity contribution in [2.24, 2.45) is 0 Å². The number of unbranched alkanes of at least 4 members (excludes halogenated alkanes) is 1. The Morgan fingerprint density at radius 1 is 1.42 bits per heavy atom. The van der Waals surface area contributed by atoms with Crippen molar-refractivity contribution in [1.29, 1.82) is 0 Å². The van der Waals surface area contributed by atoms with Crippen LogP contribution in [0, 0.1) is 0 Å². The Labute approximate surface area is 120 Å². The van der Waals surface area contributed by atoms with Crippen molar-refractivity contribution >= 4 is 11.6 Å².